The Hall–Kier alpha value is -2.20. The van der Waals surface area contributed by atoms with E-state index in [-0.39, 0.29) is 5.91 Å². The molecule has 0 aromatic heterocycles. The molecule has 116 valence electrons. The van der Waals surface area contributed by atoms with Crippen LogP contribution in [0.15, 0.2) is 48.5 Å². The highest BCUT2D eigenvalue weighted by Crippen LogP contribution is 2.20. The van der Waals surface area contributed by atoms with Gasteiger partial charge in [0.1, 0.15) is 11.5 Å². The van der Waals surface area contributed by atoms with E-state index in [0.29, 0.717) is 22.9 Å². The molecule has 0 aliphatic heterocycles. The van der Waals surface area contributed by atoms with Gasteiger partial charge in [-0.25, -0.2) is 0 Å². The van der Waals surface area contributed by atoms with Crippen LogP contribution < -0.4 is 14.8 Å². The van der Waals surface area contributed by atoms with Gasteiger partial charge in [0.15, 0.2) is 6.10 Å². The zero-order chi connectivity index (χ0) is 15.9. The number of nitrogens with one attached hydrogen (secondary N) is 1. The summed E-state index contributed by atoms with van der Waals surface area (Å²) in [5, 5.41) is 3.37. The number of benzene rings is 2. The molecule has 2 rings (SSSR count). The molecule has 0 fully saturated rings. The Bertz CT molecular complexity index is 628. The van der Waals surface area contributed by atoms with Crippen molar-refractivity contribution < 1.29 is 14.3 Å². The van der Waals surface area contributed by atoms with Crippen LogP contribution in [0.2, 0.25) is 5.02 Å². The molecule has 0 saturated heterocycles. The Kier molecular flexibility index (Phi) is 5.67. The van der Waals surface area contributed by atoms with Gasteiger partial charge < -0.3 is 14.8 Å². The van der Waals surface area contributed by atoms with Crippen molar-refractivity contribution in [2.45, 2.75) is 19.4 Å². The number of anilines is 1. The van der Waals surface area contributed by atoms with E-state index in [1.54, 1.807) is 55.6 Å². The Morgan fingerprint density at radius 2 is 1.86 bits per heavy atom. The van der Waals surface area contributed by atoms with Crippen molar-refractivity contribution in [1.82, 2.24) is 0 Å². The summed E-state index contributed by atoms with van der Waals surface area (Å²) in [6.45, 7) is 1.89. The highest BCUT2D eigenvalue weighted by atomic mass is 35.5. The molecule has 0 aliphatic rings. The van der Waals surface area contributed by atoms with Gasteiger partial charge in [-0.1, -0.05) is 24.6 Å². The van der Waals surface area contributed by atoms with E-state index in [1.807, 2.05) is 6.92 Å². The number of carbonyl (C=O) groups excluding carboxylic acids is 1. The molecular formula is C17H18ClNO3. The average molecular weight is 320 g/mol. The van der Waals surface area contributed by atoms with E-state index < -0.39 is 6.10 Å². The molecule has 1 atom stereocenters. The summed E-state index contributed by atoms with van der Waals surface area (Å²) in [6.07, 6.45) is -0.0225. The third kappa shape index (κ3) is 4.40. The molecule has 0 heterocycles. The molecular weight excluding hydrogens is 302 g/mol. The first-order chi connectivity index (χ1) is 10.6. The summed E-state index contributed by atoms with van der Waals surface area (Å²) in [5.41, 5.74) is 0.647. The standard InChI is InChI=1S/C17H18ClNO3/c1-3-16(22-15-9-7-14(21-2)8-10-15)17(20)19-13-6-4-5-12(18)11-13/h4-11,16H,3H2,1-2H3,(H,19,20)/t16-/m0/s1. The SMILES string of the molecule is CC[C@H](Oc1ccc(OC)cc1)C(=O)Nc1cccc(Cl)c1. The first-order valence-corrected chi connectivity index (χ1v) is 7.37. The van der Waals surface area contributed by atoms with E-state index >= 15 is 0 Å². The van der Waals surface area contributed by atoms with Gasteiger partial charge in [-0.05, 0) is 48.9 Å². The number of halogens is 1. The highest BCUT2D eigenvalue weighted by molar-refractivity contribution is 6.30. The number of amides is 1. The van der Waals surface area contributed by atoms with Crippen LogP contribution in [0, 0.1) is 0 Å². The maximum absolute atomic E-state index is 12.3. The van der Waals surface area contributed by atoms with Crippen molar-refractivity contribution in [2.75, 3.05) is 12.4 Å². The molecule has 5 heteroatoms. The van der Waals surface area contributed by atoms with Gasteiger partial charge in [-0.3, -0.25) is 4.79 Å². The predicted octanol–water partition coefficient (Wildman–Crippen LogP) is 4.14. The van der Waals surface area contributed by atoms with Crippen LogP contribution >= 0.6 is 11.6 Å². The van der Waals surface area contributed by atoms with Gasteiger partial charge >= 0.3 is 0 Å². The number of ether oxygens (including phenoxy) is 2. The van der Waals surface area contributed by atoms with Crippen molar-refractivity contribution in [3.05, 3.63) is 53.6 Å². The van der Waals surface area contributed by atoms with Crippen molar-refractivity contribution in [3.63, 3.8) is 0 Å². The zero-order valence-corrected chi connectivity index (χ0v) is 13.3. The largest absolute Gasteiger partial charge is 0.497 e. The van der Waals surface area contributed by atoms with Gasteiger partial charge in [0.2, 0.25) is 0 Å². The topological polar surface area (TPSA) is 47.6 Å². The predicted molar refractivity (Wildman–Crippen MR) is 87.8 cm³/mol. The summed E-state index contributed by atoms with van der Waals surface area (Å²) < 4.78 is 10.8. The van der Waals surface area contributed by atoms with Gasteiger partial charge in [-0.15, -0.1) is 0 Å². The first-order valence-electron chi connectivity index (χ1n) is 6.99. The molecule has 0 unspecified atom stereocenters. The van der Waals surface area contributed by atoms with Crippen LogP contribution in [-0.4, -0.2) is 19.1 Å². The normalized spacial score (nSPS) is 11.6. The Balaban J connectivity index is 2.02. The van der Waals surface area contributed by atoms with Gasteiger partial charge in [-0.2, -0.15) is 0 Å². The third-order valence-electron chi connectivity index (χ3n) is 3.09. The molecule has 22 heavy (non-hydrogen) atoms. The molecule has 4 nitrogen and oxygen atoms in total. The smallest absolute Gasteiger partial charge is 0.265 e. The molecule has 0 aliphatic carbocycles. The van der Waals surface area contributed by atoms with Crippen LogP contribution in [0.1, 0.15) is 13.3 Å². The first kappa shape index (κ1) is 16.2. The summed E-state index contributed by atoms with van der Waals surface area (Å²) in [6, 6.07) is 14.1. The van der Waals surface area contributed by atoms with Crippen molar-refractivity contribution >= 4 is 23.2 Å². The third-order valence-corrected chi connectivity index (χ3v) is 3.33. The second-order valence-electron chi connectivity index (χ2n) is 4.69. The highest BCUT2D eigenvalue weighted by Gasteiger charge is 2.18. The molecule has 0 radical (unpaired) electrons. The van der Waals surface area contributed by atoms with Crippen LogP contribution in [0.4, 0.5) is 5.69 Å². The quantitative estimate of drug-likeness (QED) is 0.870. The number of methoxy groups -OCH3 is 1. The number of hydrogen-bond donors (Lipinski definition) is 1. The summed E-state index contributed by atoms with van der Waals surface area (Å²) >= 11 is 5.91. The molecule has 0 bridgehead atoms. The van der Waals surface area contributed by atoms with Crippen LogP contribution in [0.5, 0.6) is 11.5 Å². The minimum Gasteiger partial charge on any atom is -0.497 e. The molecule has 0 saturated carbocycles. The lowest BCUT2D eigenvalue weighted by molar-refractivity contribution is -0.122. The van der Waals surface area contributed by atoms with E-state index in [9.17, 15) is 4.79 Å². The van der Waals surface area contributed by atoms with Crippen LogP contribution in [0.25, 0.3) is 0 Å². The Morgan fingerprint density at radius 3 is 2.45 bits per heavy atom. The lowest BCUT2D eigenvalue weighted by Crippen LogP contribution is -2.32. The monoisotopic (exact) mass is 319 g/mol. The maximum Gasteiger partial charge on any atom is 0.265 e. The molecule has 2 aromatic rings. The van der Waals surface area contributed by atoms with E-state index in [0.717, 1.165) is 5.75 Å². The van der Waals surface area contributed by atoms with Gasteiger partial charge in [0, 0.05) is 10.7 Å². The number of carbonyl (C=O) groups is 1. The van der Waals surface area contributed by atoms with Crippen molar-refractivity contribution in [3.8, 4) is 11.5 Å². The fourth-order valence-corrected chi connectivity index (χ4v) is 2.12. The Morgan fingerprint density at radius 1 is 1.18 bits per heavy atom. The van der Waals surface area contributed by atoms with Crippen molar-refractivity contribution in [1.29, 1.82) is 0 Å². The second-order valence-corrected chi connectivity index (χ2v) is 5.13. The summed E-state index contributed by atoms with van der Waals surface area (Å²) in [5.74, 6) is 1.15. The van der Waals surface area contributed by atoms with Crippen LogP contribution in [-0.2, 0) is 4.79 Å². The van der Waals surface area contributed by atoms with E-state index in [4.69, 9.17) is 21.1 Å². The fourth-order valence-electron chi connectivity index (χ4n) is 1.93. The molecule has 2 aromatic carbocycles. The molecule has 1 amide bonds. The number of rotatable bonds is 6. The van der Waals surface area contributed by atoms with Gasteiger partial charge in [0.25, 0.3) is 5.91 Å². The molecule has 1 N–H and O–H groups in total. The fraction of sp³-hybridized carbons (Fsp3) is 0.235. The summed E-state index contributed by atoms with van der Waals surface area (Å²) in [4.78, 5) is 12.3. The average Bonchev–Trinajstić information content (AvgIpc) is 2.53. The lowest BCUT2D eigenvalue weighted by Gasteiger charge is -2.17. The zero-order valence-electron chi connectivity index (χ0n) is 12.5. The summed E-state index contributed by atoms with van der Waals surface area (Å²) in [7, 11) is 1.60. The lowest BCUT2D eigenvalue weighted by atomic mass is 10.2. The second kappa shape index (κ2) is 7.71. The maximum atomic E-state index is 12.3. The minimum absolute atomic E-state index is 0.208. The minimum atomic E-state index is -0.577. The van der Waals surface area contributed by atoms with Gasteiger partial charge in [0.05, 0.1) is 7.11 Å². The Labute approximate surface area is 135 Å². The van der Waals surface area contributed by atoms with Crippen molar-refractivity contribution in [2.24, 2.45) is 0 Å². The van der Waals surface area contributed by atoms with E-state index in [1.165, 1.54) is 0 Å². The van der Waals surface area contributed by atoms with E-state index in [2.05, 4.69) is 5.32 Å². The number of hydrogen-bond acceptors (Lipinski definition) is 3. The molecule has 0 spiro atoms. The van der Waals surface area contributed by atoms with Crippen LogP contribution in [0.3, 0.4) is 0 Å².